The van der Waals surface area contributed by atoms with Crippen molar-refractivity contribution >= 4 is 40.0 Å². The fourth-order valence-corrected chi connectivity index (χ4v) is 4.00. The van der Waals surface area contributed by atoms with Crippen LogP contribution < -0.4 is 10.6 Å². The lowest BCUT2D eigenvalue weighted by atomic mass is 10.0. The number of phenols is 1. The van der Waals surface area contributed by atoms with E-state index in [1.54, 1.807) is 6.92 Å². The van der Waals surface area contributed by atoms with Gasteiger partial charge < -0.3 is 20.6 Å². The first kappa shape index (κ1) is 23.9. The van der Waals surface area contributed by atoms with Gasteiger partial charge in [0.05, 0.1) is 6.54 Å². The number of amides is 6. The Labute approximate surface area is 188 Å². The summed E-state index contributed by atoms with van der Waals surface area (Å²) in [6, 6.07) is 1.35. The minimum atomic E-state index is -4.76. The fraction of sp³-hybridized carbons (Fsp3) is 0.389. The number of aromatic hydroxyl groups is 1. The standard InChI is InChI=1S/C18H21N5O9S/c1-2-21-7-8-22(17(28)16(21)27)18(29)20-13(10-3-5-11(24)6-4-10)14(25)19-12-9-23(15(12)26)33(30,31)32/h3-6,12-13,24H,2,7-9H2,1H3,(H,19,25)(H,20,29)(H,30,31,32)/t12-,13+/m0/s1. The quantitative estimate of drug-likeness (QED) is 0.200. The highest BCUT2D eigenvalue weighted by Gasteiger charge is 2.45. The molecule has 0 bridgehead atoms. The summed E-state index contributed by atoms with van der Waals surface area (Å²) in [6.45, 7) is 1.47. The number of piperazine rings is 1. The molecule has 2 aliphatic heterocycles. The van der Waals surface area contributed by atoms with E-state index in [4.69, 9.17) is 4.55 Å². The van der Waals surface area contributed by atoms with Crippen LogP contribution in [0.15, 0.2) is 24.3 Å². The maximum Gasteiger partial charge on any atom is 0.362 e. The third-order valence-corrected chi connectivity index (χ3v) is 6.07. The largest absolute Gasteiger partial charge is 0.508 e. The van der Waals surface area contributed by atoms with Crippen molar-refractivity contribution in [3.8, 4) is 5.75 Å². The van der Waals surface area contributed by atoms with Crippen molar-refractivity contribution in [2.24, 2.45) is 0 Å². The first-order chi connectivity index (χ1) is 15.4. The first-order valence-corrected chi connectivity index (χ1v) is 11.1. The molecule has 6 amide bonds. The summed E-state index contributed by atoms with van der Waals surface area (Å²) in [4.78, 5) is 63.8. The molecule has 2 heterocycles. The molecular weight excluding hydrogens is 462 g/mol. The Balaban J connectivity index is 1.76. The maximum atomic E-state index is 12.8. The minimum absolute atomic E-state index is 0.0986. The average molecular weight is 483 g/mol. The van der Waals surface area contributed by atoms with Crippen molar-refractivity contribution < 1.29 is 42.0 Å². The normalized spacial score (nSPS) is 19.8. The van der Waals surface area contributed by atoms with Gasteiger partial charge in [-0.15, -0.1) is 0 Å². The summed E-state index contributed by atoms with van der Waals surface area (Å²) in [5.74, 6) is -4.05. The summed E-state index contributed by atoms with van der Waals surface area (Å²) in [5.41, 5.74) is 0.169. The van der Waals surface area contributed by atoms with E-state index in [-0.39, 0.29) is 35.3 Å². The Hall–Kier alpha value is -3.72. The molecule has 0 spiro atoms. The van der Waals surface area contributed by atoms with Gasteiger partial charge in [-0.1, -0.05) is 12.1 Å². The number of imide groups is 1. The summed E-state index contributed by atoms with van der Waals surface area (Å²) < 4.78 is 31.2. The van der Waals surface area contributed by atoms with E-state index in [2.05, 4.69) is 10.6 Å². The van der Waals surface area contributed by atoms with Crippen molar-refractivity contribution in [1.82, 2.24) is 24.7 Å². The Morgan fingerprint density at radius 3 is 2.30 bits per heavy atom. The molecule has 1 aromatic carbocycles. The molecule has 15 heteroatoms. The van der Waals surface area contributed by atoms with Crippen molar-refractivity contribution in [3.63, 3.8) is 0 Å². The summed E-state index contributed by atoms with van der Waals surface area (Å²) >= 11 is 0. The zero-order valence-electron chi connectivity index (χ0n) is 17.3. The predicted molar refractivity (Wildman–Crippen MR) is 109 cm³/mol. The SMILES string of the molecule is CCN1CCN(C(=O)N[C@@H](C(=O)N[C@H]2CN(S(=O)(=O)O)C2=O)c2ccc(O)cc2)C(=O)C1=O. The lowest BCUT2D eigenvalue weighted by Gasteiger charge is -2.36. The van der Waals surface area contributed by atoms with E-state index in [0.29, 0.717) is 4.90 Å². The summed E-state index contributed by atoms with van der Waals surface area (Å²) in [5, 5.41) is 14.1. The summed E-state index contributed by atoms with van der Waals surface area (Å²) in [7, 11) is -4.76. The number of rotatable bonds is 6. The number of urea groups is 1. The Morgan fingerprint density at radius 2 is 1.76 bits per heavy atom. The third kappa shape index (κ3) is 4.88. The molecule has 0 aliphatic carbocycles. The van der Waals surface area contributed by atoms with Gasteiger partial charge in [-0.2, -0.15) is 8.42 Å². The number of β-lactam (4-membered cyclic amide) rings is 1. The fourth-order valence-electron chi connectivity index (χ4n) is 3.30. The zero-order chi connectivity index (χ0) is 24.5. The number of nitrogens with one attached hydrogen (secondary N) is 2. The highest BCUT2D eigenvalue weighted by Crippen LogP contribution is 2.20. The van der Waals surface area contributed by atoms with Crippen LogP contribution in [-0.4, -0.2) is 94.1 Å². The van der Waals surface area contributed by atoms with Crippen LogP contribution in [0.5, 0.6) is 5.75 Å². The molecular formula is C18H21N5O9S. The zero-order valence-corrected chi connectivity index (χ0v) is 18.1. The molecule has 0 unspecified atom stereocenters. The number of carbonyl (C=O) groups excluding carboxylic acids is 5. The number of hydrogen-bond acceptors (Lipinski definition) is 8. The van der Waals surface area contributed by atoms with Crippen molar-refractivity contribution in [3.05, 3.63) is 29.8 Å². The van der Waals surface area contributed by atoms with E-state index in [1.165, 1.54) is 29.2 Å². The topological polar surface area (TPSA) is 194 Å². The van der Waals surface area contributed by atoms with Crippen LogP contribution in [0.4, 0.5) is 4.79 Å². The van der Waals surface area contributed by atoms with E-state index in [1.807, 2.05) is 0 Å². The Bertz CT molecular complexity index is 1100. The lowest BCUT2D eigenvalue weighted by Crippen LogP contribution is -2.66. The van der Waals surface area contributed by atoms with Crippen LogP contribution in [0, 0.1) is 0 Å². The number of carbonyl (C=O) groups is 5. The van der Waals surface area contributed by atoms with Crippen LogP contribution in [0.3, 0.4) is 0 Å². The molecule has 2 fully saturated rings. The molecule has 3 rings (SSSR count). The second-order valence-corrected chi connectivity index (χ2v) is 8.56. The first-order valence-electron chi connectivity index (χ1n) is 9.73. The molecule has 0 saturated carbocycles. The van der Waals surface area contributed by atoms with Gasteiger partial charge in [-0.3, -0.25) is 28.6 Å². The molecule has 1 aromatic rings. The van der Waals surface area contributed by atoms with Gasteiger partial charge in [0.25, 0.3) is 5.91 Å². The Kier molecular flexibility index (Phi) is 6.55. The van der Waals surface area contributed by atoms with E-state index in [0.717, 1.165) is 0 Å². The van der Waals surface area contributed by atoms with Crippen molar-refractivity contribution in [2.75, 3.05) is 26.2 Å². The number of benzene rings is 1. The Morgan fingerprint density at radius 1 is 1.12 bits per heavy atom. The van der Waals surface area contributed by atoms with Crippen LogP contribution in [0.2, 0.25) is 0 Å². The van der Waals surface area contributed by atoms with Gasteiger partial charge in [-0.25, -0.2) is 9.10 Å². The predicted octanol–water partition coefficient (Wildman–Crippen LogP) is -2.04. The molecule has 33 heavy (non-hydrogen) atoms. The molecule has 2 atom stereocenters. The van der Waals surface area contributed by atoms with Gasteiger partial charge in [0.2, 0.25) is 5.91 Å². The summed E-state index contributed by atoms with van der Waals surface area (Å²) in [6.07, 6.45) is 0. The van der Waals surface area contributed by atoms with Gasteiger partial charge >= 0.3 is 28.1 Å². The molecule has 4 N–H and O–H groups in total. The van der Waals surface area contributed by atoms with Crippen LogP contribution in [0.25, 0.3) is 0 Å². The van der Waals surface area contributed by atoms with Gasteiger partial charge in [0.1, 0.15) is 17.8 Å². The van der Waals surface area contributed by atoms with Crippen LogP contribution in [-0.2, 0) is 29.5 Å². The second kappa shape index (κ2) is 9.03. The molecule has 2 aliphatic rings. The smallest absolute Gasteiger partial charge is 0.362 e. The highest BCUT2D eigenvalue weighted by molar-refractivity contribution is 7.84. The van der Waals surface area contributed by atoms with Crippen LogP contribution >= 0.6 is 0 Å². The number of nitrogens with zero attached hydrogens (tertiary/aromatic N) is 3. The number of likely N-dealkylation sites (N-methyl/N-ethyl adjacent to an activating group) is 1. The third-order valence-electron chi connectivity index (χ3n) is 5.18. The van der Waals surface area contributed by atoms with Crippen molar-refractivity contribution in [1.29, 1.82) is 0 Å². The molecule has 0 aromatic heterocycles. The minimum Gasteiger partial charge on any atom is -0.508 e. The van der Waals surface area contributed by atoms with Gasteiger partial charge in [0, 0.05) is 19.6 Å². The number of hydrogen-bond donors (Lipinski definition) is 4. The molecule has 0 radical (unpaired) electrons. The maximum absolute atomic E-state index is 12.8. The monoisotopic (exact) mass is 483 g/mol. The van der Waals surface area contributed by atoms with Gasteiger partial charge in [-0.05, 0) is 24.6 Å². The molecule has 2 saturated heterocycles. The molecule has 178 valence electrons. The lowest BCUT2D eigenvalue weighted by molar-refractivity contribution is -0.153. The van der Waals surface area contributed by atoms with E-state index >= 15 is 0 Å². The second-order valence-electron chi connectivity index (χ2n) is 7.22. The van der Waals surface area contributed by atoms with Crippen molar-refractivity contribution in [2.45, 2.75) is 19.0 Å². The van der Waals surface area contributed by atoms with Gasteiger partial charge in [0.15, 0.2) is 0 Å². The molecule has 14 nitrogen and oxygen atoms in total. The average Bonchev–Trinajstić information content (AvgIpc) is 2.75. The number of phenolic OH excluding ortho intramolecular Hbond substituents is 1. The van der Waals surface area contributed by atoms with Crippen LogP contribution in [0.1, 0.15) is 18.5 Å². The highest BCUT2D eigenvalue weighted by atomic mass is 32.2. The van der Waals surface area contributed by atoms with E-state index < -0.39 is 58.6 Å². The van der Waals surface area contributed by atoms with E-state index in [9.17, 15) is 37.5 Å².